The van der Waals surface area contributed by atoms with Crippen molar-refractivity contribution in [2.24, 2.45) is 5.92 Å². The Kier molecular flexibility index (Phi) is 4.59. The Labute approximate surface area is 109 Å². The zero-order valence-corrected chi connectivity index (χ0v) is 11.4. The average Bonchev–Trinajstić information content (AvgIpc) is 2.54. The molecule has 1 aliphatic carbocycles. The number of rotatable bonds is 3. The molecule has 1 saturated carbocycles. The molecule has 100 valence electrons. The monoisotopic (exact) mass is 249 g/mol. The van der Waals surface area contributed by atoms with E-state index in [0.717, 1.165) is 42.8 Å². The molecular weight excluding hydrogens is 226 g/mol. The molecule has 1 aromatic rings. The lowest BCUT2D eigenvalue weighted by molar-refractivity contribution is 0.100. The van der Waals surface area contributed by atoms with E-state index in [1.807, 2.05) is 19.1 Å². The molecule has 1 fully saturated rings. The van der Waals surface area contributed by atoms with Gasteiger partial charge in [-0.2, -0.15) is 0 Å². The van der Waals surface area contributed by atoms with Crippen LogP contribution in [0.3, 0.4) is 0 Å². The minimum atomic E-state index is -0.166. The van der Waals surface area contributed by atoms with E-state index in [4.69, 9.17) is 4.74 Å². The van der Waals surface area contributed by atoms with Gasteiger partial charge in [-0.05, 0) is 32.1 Å². The fourth-order valence-electron chi connectivity index (χ4n) is 2.80. The van der Waals surface area contributed by atoms with Crippen molar-refractivity contribution in [2.45, 2.75) is 51.6 Å². The van der Waals surface area contributed by atoms with E-state index in [1.165, 1.54) is 12.8 Å². The van der Waals surface area contributed by atoms with Crippen LogP contribution in [0.5, 0.6) is 5.75 Å². The van der Waals surface area contributed by atoms with E-state index in [9.17, 15) is 5.11 Å². The number of aryl methyl sites for hydroxylation is 1. The van der Waals surface area contributed by atoms with Crippen LogP contribution in [0.1, 0.15) is 43.5 Å². The summed E-state index contributed by atoms with van der Waals surface area (Å²) >= 11 is 0. The van der Waals surface area contributed by atoms with Gasteiger partial charge in [0.2, 0.25) is 0 Å². The van der Waals surface area contributed by atoms with E-state index in [1.54, 1.807) is 7.11 Å². The Morgan fingerprint density at radius 1 is 1.28 bits per heavy atom. The molecule has 0 saturated heterocycles. The maximum atomic E-state index is 10.1. The second-order valence-corrected chi connectivity index (χ2v) is 5.31. The van der Waals surface area contributed by atoms with Gasteiger partial charge >= 0.3 is 0 Å². The van der Waals surface area contributed by atoms with Crippen molar-refractivity contribution in [1.82, 2.24) is 4.98 Å². The van der Waals surface area contributed by atoms with E-state index >= 15 is 0 Å². The lowest BCUT2D eigenvalue weighted by atomic mass is 9.92. The molecule has 0 amide bonds. The van der Waals surface area contributed by atoms with Gasteiger partial charge in [-0.1, -0.05) is 19.3 Å². The number of pyridine rings is 1. The number of aromatic nitrogens is 1. The average molecular weight is 249 g/mol. The number of aliphatic hydroxyl groups is 1. The molecule has 1 N–H and O–H groups in total. The molecule has 2 rings (SSSR count). The summed E-state index contributed by atoms with van der Waals surface area (Å²) in [7, 11) is 1.68. The van der Waals surface area contributed by atoms with Gasteiger partial charge in [-0.25, -0.2) is 0 Å². The molecule has 1 aliphatic rings. The number of ether oxygens (including phenoxy) is 1. The highest BCUT2D eigenvalue weighted by molar-refractivity contribution is 5.27. The van der Waals surface area contributed by atoms with Crippen LogP contribution < -0.4 is 4.74 Å². The highest BCUT2D eigenvalue weighted by Crippen LogP contribution is 2.27. The van der Waals surface area contributed by atoms with Gasteiger partial charge in [0.05, 0.1) is 13.2 Å². The minimum Gasteiger partial charge on any atom is -0.497 e. The number of methoxy groups -OCH3 is 1. The van der Waals surface area contributed by atoms with Crippen LogP contribution in [-0.2, 0) is 6.42 Å². The predicted molar refractivity (Wildman–Crippen MR) is 71.8 cm³/mol. The highest BCUT2D eigenvalue weighted by Gasteiger charge is 2.22. The second kappa shape index (κ2) is 6.19. The lowest BCUT2D eigenvalue weighted by Gasteiger charge is -2.20. The Morgan fingerprint density at radius 3 is 2.83 bits per heavy atom. The minimum absolute atomic E-state index is 0.166. The number of hydrogen-bond acceptors (Lipinski definition) is 3. The summed E-state index contributed by atoms with van der Waals surface area (Å²) in [5.41, 5.74) is 2.02. The standard InChI is InChI=1S/C15H23NO2/c1-11-8-14(18-2)10-13(16-11)9-12-6-4-3-5-7-15(12)17/h8,10,12,15,17H,3-7,9H2,1-2H3. The molecule has 3 nitrogen and oxygen atoms in total. The van der Waals surface area contributed by atoms with Gasteiger partial charge in [0.1, 0.15) is 5.75 Å². The molecule has 0 spiro atoms. The van der Waals surface area contributed by atoms with Crippen molar-refractivity contribution in [2.75, 3.05) is 7.11 Å². The molecule has 3 heteroatoms. The van der Waals surface area contributed by atoms with Gasteiger partial charge in [-0.3, -0.25) is 4.98 Å². The van der Waals surface area contributed by atoms with Gasteiger partial charge in [0, 0.05) is 23.5 Å². The molecule has 18 heavy (non-hydrogen) atoms. The first-order valence-corrected chi connectivity index (χ1v) is 6.88. The summed E-state index contributed by atoms with van der Waals surface area (Å²) in [6, 6.07) is 3.93. The second-order valence-electron chi connectivity index (χ2n) is 5.31. The van der Waals surface area contributed by atoms with Crippen LogP contribution in [0.25, 0.3) is 0 Å². The normalized spacial score (nSPS) is 24.6. The molecule has 2 atom stereocenters. The van der Waals surface area contributed by atoms with Gasteiger partial charge in [0.15, 0.2) is 0 Å². The third-order valence-corrected chi connectivity index (χ3v) is 3.81. The maximum absolute atomic E-state index is 10.1. The largest absolute Gasteiger partial charge is 0.497 e. The summed E-state index contributed by atoms with van der Waals surface area (Å²) in [6.07, 6.45) is 6.37. The molecule has 1 aromatic heterocycles. The van der Waals surface area contributed by atoms with Crippen molar-refractivity contribution in [1.29, 1.82) is 0 Å². The maximum Gasteiger partial charge on any atom is 0.122 e. The quantitative estimate of drug-likeness (QED) is 0.838. The summed E-state index contributed by atoms with van der Waals surface area (Å²) < 4.78 is 5.27. The third kappa shape index (κ3) is 3.45. The zero-order chi connectivity index (χ0) is 13.0. The van der Waals surface area contributed by atoms with Crippen LogP contribution in [-0.4, -0.2) is 23.3 Å². The molecular formula is C15H23NO2. The van der Waals surface area contributed by atoms with Crippen LogP contribution in [0.2, 0.25) is 0 Å². The summed E-state index contributed by atoms with van der Waals surface area (Å²) in [6.45, 7) is 1.98. The Hall–Kier alpha value is -1.09. The van der Waals surface area contributed by atoms with Crippen molar-refractivity contribution in [3.8, 4) is 5.75 Å². The van der Waals surface area contributed by atoms with E-state index < -0.39 is 0 Å². The van der Waals surface area contributed by atoms with Crippen molar-refractivity contribution < 1.29 is 9.84 Å². The molecule has 1 heterocycles. The van der Waals surface area contributed by atoms with Crippen molar-refractivity contribution in [3.05, 3.63) is 23.5 Å². The Balaban J connectivity index is 2.09. The molecule has 0 bridgehead atoms. The first-order valence-electron chi connectivity index (χ1n) is 6.88. The number of nitrogens with zero attached hydrogens (tertiary/aromatic N) is 1. The Bertz CT molecular complexity index is 392. The molecule has 0 aliphatic heterocycles. The van der Waals surface area contributed by atoms with Crippen molar-refractivity contribution >= 4 is 0 Å². The third-order valence-electron chi connectivity index (χ3n) is 3.81. The van der Waals surface area contributed by atoms with Crippen molar-refractivity contribution in [3.63, 3.8) is 0 Å². The van der Waals surface area contributed by atoms with Crippen LogP contribution in [0.4, 0.5) is 0 Å². The predicted octanol–water partition coefficient (Wildman–Crippen LogP) is 2.88. The first kappa shape index (κ1) is 13.3. The van der Waals surface area contributed by atoms with Crippen LogP contribution in [0.15, 0.2) is 12.1 Å². The van der Waals surface area contributed by atoms with Gasteiger partial charge in [0.25, 0.3) is 0 Å². The smallest absolute Gasteiger partial charge is 0.122 e. The number of hydrogen-bond donors (Lipinski definition) is 1. The zero-order valence-electron chi connectivity index (χ0n) is 11.4. The summed E-state index contributed by atoms with van der Waals surface area (Å²) in [5, 5.41) is 10.1. The molecule has 0 aromatic carbocycles. The fraction of sp³-hybridized carbons (Fsp3) is 0.667. The van der Waals surface area contributed by atoms with E-state index in [0.29, 0.717) is 5.92 Å². The summed E-state index contributed by atoms with van der Waals surface area (Å²) in [4.78, 5) is 4.55. The summed E-state index contributed by atoms with van der Waals surface area (Å²) in [5.74, 6) is 1.21. The van der Waals surface area contributed by atoms with Gasteiger partial charge in [-0.15, -0.1) is 0 Å². The van der Waals surface area contributed by atoms with E-state index in [-0.39, 0.29) is 6.10 Å². The lowest BCUT2D eigenvalue weighted by Crippen LogP contribution is -2.21. The van der Waals surface area contributed by atoms with E-state index in [2.05, 4.69) is 4.98 Å². The molecule has 0 radical (unpaired) electrons. The van der Waals surface area contributed by atoms with Crippen LogP contribution >= 0.6 is 0 Å². The highest BCUT2D eigenvalue weighted by atomic mass is 16.5. The Morgan fingerprint density at radius 2 is 2.06 bits per heavy atom. The van der Waals surface area contributed by atoms with Gasteiger partial charge < -0.3 is 9.84 Å². The van der Waals surface area contributed by atoms with Crippen LogP contribution in [0, 0.1) is 12.8 Å². The molecule has 2 unspecified atom stereocenters. The fourth-order valence-corrected chi connectivity index (χ4v) is 2.80. The SMILES string of the molecule is COc1cc(C)nc(CC2CCCCCC2O)c1. The first-order chi connectivity index (χ1) is 8.69. The topological polar surface area (TPSA) is 42.4 Å². The number of aliphatic hydroxyl groups excluding tert-OH is 1.